The zero-order valence-electron chi connectivity index (χ0n) is 9.78. The van der Waals surface area contributed by atoms with Gasteiger partial charge in [0, 0.05) is 0 Å². The zero-order valence-corrected chi connectivity index (χ0v) is 9.78. The largest absolute Gasteiger partial charge is 0.391 e. The van der Waals surface area contributed by atoms with Crippen LogP contribution in [0.3, 0.4) is 0 Å². The Labute approximate surface area is 97.6 Å². The van der Waals surface area contributed by atoms with Gasteiger partial charge in [0.05, 0.1) is 0 Å². The van der Waals surface area contributed by atoms with Gasteiger partial charge in [-0.1, -0.05) is 55.4 Å². The van der Waals surface area contributed by atoms with Gasteiger partial charge in [0.1, 0.15) is 12.8 Å². The number of rotatable bonds is 7. The predicted molar refractivity (Wildman–Crippen MR) is 68.3 cm³/mol. The monoisotopic (exact) mass is 216 g/mol. The second-order valence-corrected chi connectivity index (χ2v) is 3.53. The van der Waals surface area contributed by atoms with Gasteiger partial charge in [-0.25, -0.2) is 0 Å². The molecule has 0 atom stereocenters. The van der Waals surface area contributed by atoms with E-state index >= 15 is 0 Å². The molecule has 1 aromatic rings. The molecule has 1 aromatic carbocycles. The first-order valence-electron chi connectivity index (χ1n) is 5.63. The molecule has 85 valence electrons. The summed E-state index contributed by atoms with van der Waals surface area (Å²) < 4.78 is 0. The van der Waals surface area contributed by atoms with E-state index in [4.69, 9.17) is 4.84 Å². The quantitative estimate of drug-likeness (QED) is 0.385. The Morgan fingerprint density at radius 3 is 3.00 bits per heavy atom. The number of hydrogen-bond acceptors (Lipinski definition) is 2. The van der Waals surface area contributed by atoms with Gasteiger partial charge < -0.3 is 4.84 Å². The van der Waals surface area contributed by atoms with Crippen LogP contribution in [0.25, 0.3) is 6.08 Å². The third-order valence-electron chi connectivity index (χ3n) is 2.27. The minimum Gasteiger partial charge on any atom is -0.391 e. The minimum atomic E-state index is 0.474. The molecule has 0 aromatic heterocycles. The van der Waals surface area contributed by atoms with E-state index in [2.05, 4.69) is 24.9 Å². The molecule has 2 nitrogen and oxygen atoms in total. The molecule has 0 fully saturated rings. The van der Waals surface area contributed by atoms with E-state index < -0.39 is 0 Å². The van der Waals surface area contributed by atoms with Crippen LogP contribution in [0.2, 0.25) is 0 Å². The Balaban J connectivity index is 2.36. The Hall–Kier alpha value is -1.57. The molecule has 0 aliphatic carbocycles. The van der Waals surface area contributed by atoms with Crippen LogP contribution in [0.5, 0.6) is 0 Å². The highest BCUT2D eigenvalue weighted by atomic mass is 16.6. The van der Waals surface area contributed by atoms with E-state index in [1.54, 1.807) is 0 Å². The summed E-state index contributed by atoms with van der Waals surface area (Å²) in [7, 11) is 0. The fraction of sp³-hybridized carbons (Fsp3) is 0.357. The second kappa shape index (κ2) is 7.69. The van der Waals surface area contributed by atoms with E-state index in [0.29, 0.717) is 6.61 Å². The van der Waals surface area contributed by atoms with Crippen LogP contribution in [0.4, 0.5) is 0 Å². The van der Waals surface area contributed by atoms with Crippen molar-refractivity contribution in [2.45, 2.75) is 32.8 Å². The van der Waals surface area contributed by atoms with E-state index in [1.165, 1.54) is 0 Å². The van der Waals surface area contributed by atoms with Crippen molar-refractivity contribution in [3.05, 3.63) is 42.0 Å². The van der Waals surface area contributed by atoms with Crippen LogP contribution in [-0.4, -0.2) is 6.21 Å². The lowest BCUT2D eigenvalue weighted by Crippen LogP contribution is -1.90. The fourth-order valence-corrected chi connectivity index (χ4v) is 1.31. The summed E-state index contributed by atoms with van der Waals surface area (Å²) in [6.07, 6.45) is 7.82. The summed E-state index contributed by atoms with van der Waals surface area (Å²) >= 11 is 0. The first kappa shape index (κ1) is 12.5. The summed E-state index contributed by atoms with van der Waals surface area (Å²) in [5.74, 6) is 0. The molecule has 0 heterocycles. The van der Waals surface area contributed by atoms with Gasteiger partial charge in [0.15, 0.2) is 0 Å². The molecule has 0 saturated carbocycles. The van der Waals surface area contributed by atoms with Gasteiger partial charge in [0.25, 0.3) is 0 Å². The standard InChI is InChI=1S/C14H18NO/c1-3-5-8-11-15-16-12-14-10-7-6-9-13(14)4-2/h4,6-7,9-10H,2-3,5,8,12H2,1H3. The summed E-state index contributed by atoms with van der Waals surface area (Å²) in [5.41, 5.74) is 2.18. The van der Waals surface area contributed by atoms with Gasteiger partial charge in [-0.15, -0.1) is 0 Å². The van der Waals surface area contributed by atoms with Crippen molar-refractivity contribution in [3.63, 3.8) is 0 Å². The maximum Gasteiger partial charge on any atom is 0.142 e. The van der Waals surface area contributed by atoms with Gasteiger partial charge in [0.2, 0.25) is 0 Å². The van der Waals surface area contributed by atoms with E-state index in [0.717, 1.165) is 30.4 Å². The van der Waals surface area contributed by atoms with Crippen molar-refractivity contribution in [3.8, 4) is 0 Å². The molecule has 0 bridgehead atoms. The fourth-order valence-electron chi connectivity index (χ4n) is 1.31. The van der Waals surface area contributed by atoms with Gasteiger partial charge in [-0.05, 0) is 24.0 Å². The Bertz CT molecular complexity index is 344. The molecule has 0 aliphatic rings. The smallest absolute Gasteiger partial charge is 0.142 e. The summed E-state index contributed by atoms with van der Waals surface area (Å²) in [5, 5.41) is 3.80. The number of nitrogens with zero attached hydrogens (tertiary/aromatic N) is 1. The van der Waals surface area contributed by atoms with E-state index in [1.807, 2.05) is 30.3 Å². The third-order valence-corrected chi connectivity index (χ3v) is 2.27. The van der Waals surface area contributed by atoms with Crippen LogP contribution < -0.4 is 0 Å². The Kier molecular flexibility index (Phi) is 6.00. The van der Waals surface area contributed by atoms with Crippen LogP contribution in [0, 0.1) is 0 Å². The average molecular weight is 216 g/mol. The minimum absolute atomic E-state index is 0.474. The molecular weight excluding hydrogens is 198 g/mol. The SMILES string of the molecule is C=Cc1ccccc1CO/N=[C]/CCCC. The molecule has 0 amide bonds. The predicted octanol–water partition coefficient (Wildman–Crippen LogP) is 3.90. The molecule has 0 spiro atoms. The first-order chi connectivity index (χ1) is 7.88. The van der Waals surface area contributed by atoms with Crippen molar-refractivity contribution in [2.75, 3.05) is 0 Å². The normalized spacial score (nSPS) is 10.6. The van der Waals surface area contributed by atoms with Crippen LogP contribution in [0.15, 0.2) is 36.0 Å². The van der Waals surface area contributed by atoms with Gasteiger partial charge in [-0.2, -0.15) is 0 Å². The highest BCUT2D eigenvalue weighted by Crippen LogP contribution is 2.11. The highest BCUT2D eigenvalue weighted by Gasteiger charge is 1.97. The van der Waals surface area contributed by atoms with Crippen molar-refractivity contribution in [2.24, 2.45) is 5.16 Å². The maximum atomic E-state index is 5.17. The van der Waals surface area contributed by atoms with Crippen molar-refractivity contribution >= 4 is 12.3 Å². The number of unbranched alkanes of at least 4 members (excludes halogenated alkanes) is 2. The van der Waals surface area contributed by atoms with Crippen molar-refractivity contribution < 1.29 is 4.84 Å². The lowest BCUT2D eigenvalue weighted by atomic mass is 10.1. The second-order valence-electron chi connectivity index (χ2n) is 3.53. The molecule has 1 radical (unpaired) electrons. The number of benzene rings is 1. The van der Waals surface area contributed by atoms with Crippen LogP contribution >= 0.6 is 0 Å². The van der Waals surface area contributed by atoms with E-state index in [-0.39, 0.29) is 0 Å². The third kappa shape index (κ3) is 4.30. The average Bonchev–Trinajstić information content (AvgIpc) is 2.34. The summed E-state index contributed by atoms with van der Waals surface area (Å²) in [6.45, 7) is 6.37. The topological polar surface area (TPSA) is 21.6 Å². The zero-order chi connectivity index (χ0) is 11.6. The molecule has 0 N–H and O–H groups in total. The molecule has 16 heavy (non-hydrogen) atoms. The lowest BCUT2D eigenvalue weighted by molar-refractivity contribution is 0.131. The molecular formula is C14H18NO. The maximum absolute atomic E-state index is 5.17. The molecule has 0 saturated heterocycles. The molecule has 0 aliphatic heterocycles. The van der Waals surface area contributed by atoms with Crippen molar-refractivity contribution in [1.29, 1.82) is 0 Å². The molecule has 0 unspecified atom stereocenters. The van der Waals surface area contributed by atoms with Crippen LogP contribution in [0.1, 0.15) is 37.3 Å². The van der Waals surface area contributed by atoms with Gasteiger partial charge in [-0.3, -0.25) is 0 Å². The van der Waals surface area contributed by atoms with Crippen LogP contribution in [-0.2, 0) is 11.4 Å². The highest BCUT2D eigenvalue weighted by molar-refractivity contribution is 5.56. The summed E-state index contributed by atoms with van der Waals surface area (Å²) in [6, 6.07) is 7.99. The summed E-state index contributed by atoms with van der Waals surface area (Å²) in [4.78, 5) is 5.17. The molecule has 2 heteroatoms. The number of hydrogen-bond donors (Lipinski definition) is 0. The van der Waals surface area contributed by atoms with Gasteiger partial charge >= 0.3 is 0 Å². The lowest BCUT2D eigenvalue weighted by Gasteiger charge is -2.03. The van der Waals surface area contributed by atoms with Crippen molar-refractivity contribution in [1.82, 2.24) is 0 Å². The Morgan fingerprint density at radius 1 is 1.44 bits per heavy atom. The van der Waals surface area contributed by atoms with E-state index in [9.17, 15) is 0 Å². The Morgan fingerprint density at radius 2 is 2.25 bits per heavy atom. The molecule has 1 rings (SSSR count). The first-order valence-corrected chi connectivity index (χ1v) is 5.63.